The van der Waals surface area contributed by atoms with Gasteiger partial charge in [-0.1, -0.05) is 24.3 Å². The number of hydroxylamine groups is 1. The first-order valence-corrected chi connectivity index (χ1v) is 8.62. The summed E-state index contributed by atoms with van der Waals surface area (Å²) in [6.07, 6.45) is 2.95. The second-order valence-corrected chi connectivity index (χ2v) is 6.06. The largest absolute Gasteiger partial charge is 0.381 e. The molecule has 1 heterocycles. The molecule has 6 heteroatoms. The van der Waals surface area contributed by atoms with Crippen LogP contribution >= 0.6 is 0 Å². The van der Waals surface area contributed by atoms with Crippen molar-refractivity contribution in [2.75, 3.05) is 36.5 Å². The fourth-order valence-corrected chi connectivity index (χ4v) is 2.85. The Balaban J connectivity index is 1.62. The third-order valence-electron chi connectivity index (χ3n) is 4.21. The zero-order valence-corrected chi connectivity index (χ0v) is 14.5. The van der Waals surface area contributed by atoms with Crippen LogP contribution in [0.25, 0.3) is 6.08 Å². The first-order chi connectivity index (χ1) is 12.7. The lowest BCUT2D eigenvalue weighted by Gasteiger charge is -2.29. The molecule has 2 aromatic carbocycles. The Morgan fingerprint density at radius 1 is 1.15 bits per heavy atom. The van der Waals surface area contributed by atoms with Gasteiger partial charge in [-0.25, -0.2) is 5.48 Å². The van der Waals surface area contributed by atoms with Crippen molar-refractivity contribution in [2.24, 2.45) is 0 Å². The van der Waals surface area contributed by atoms with Gasteiger partial charge in [-0.2, -0.15) is 0 Å². The minimum atomic E-state index is -0.548. The Morgan fingerprint density at radius 3 is 2.77 bits per heavy atom. The molecule has 1 saturated heterocycles. The quantitative estimate of drug-likeness (QED) is 0.423. The second-order valence-electron chi connectivity index (χ2n) is 6.06. The first kappa shape index (κ1) is 18.0. The third kappa shape index (κ3) is 5.08. The predicted molar refractivity (Wildman–Crippen MR) is 102 cm³/mol. The summed E-state index contributed by atoms with van der Waals surface area (Å²) in [6, 6.07) is 16.3. The van der Waals surface area contributed by atoms with Gasteiger partial charge in [0.1, 0.15) is 0 Å². The molecule has 0 spiro atoms. The van der Waals surface area contributed by atoms with E-state index in [1.165, 1.54) is 11.8 Å². The van der Waals surface area contributed by atoms with E-state index in [4.69, 9.17) is 9.94 Å². The summed E-state index contributed by atoms with van der Waals surface area (Å²) in [5.41, 5.74) is 5.85. The van der Waals surface area contributed by atoms with E-state index in [1.807, 2.05) is 24.3 Å². The van der Waals surface area contributed by atoms with Crippen molar-refractivity contribution < 1.29 is 14.7 Å². The van der Waals surface area contributed by atoms with Crippen molar-refractivity contribution in [3.63, 3.8) is 0 Å². The first-order valence-electron chi connectivity index (χ1n) is 8.62. The summed E-state index contributed by atoms with van der Waals surface area (Å²) >= 11 is 0. The maximum atomic E-state index is 11.1. The highest BCUT2D eigenvalue weighted by Gasteiger charge is 2.11. The van der Waals surface area contributed by atoms with Crippen LogP contribution in [0.3, 0.4) is 0 Å². The number of carbonyl (C=O) groups excluding carboxylic acids is 1. The number of rotatable bonds is 6. The van der Waals surface area contributed by atoms with Crippen LogP contribution in [-0.4, -0.2) is 37.4 Å². The number of hydrogen-bond acceptors (Lipinski definition) is 5. The SMILES string of the molecule is O=C(/C=C/c1cccc(CNc2cccc(N3CCOCC3)c2)c1)NO. The smallest absolute Gasteiger partial charge is 0.267 e. The third-order valence-corrected chi connectivity index (χ3v) is 4.21. The molecule has 1 aliphatic heterocycles. The van der Waals surface area contributed by atoms with Crippen LogP contribution in [0.15, 0.2) is 54.6 Å². The molecule has 1 aliphatic rings. The van der Waals surface area contributed by atoms with Crippen LogP contribution in [0.4, 0.5) is 11.4 Å². The molecule has 0 aromatic heterocycles. The van der Waals surface area contributed by atoms with Gasteiger partial charge in [-0.3, -0.25) is 10.0 Å². The van der Waals surface area contributed by atoms with Crippen LogP contribution in [-0.2, 0) is 16.1 Å². The van der Waals surface area contributed by atoms with E-state index in [-0.39, 0.29) is 0 Å². The Kier molecular flexibility index (Phi) is 6.24. The number of anilines is 2. The molecule has 0 unspecified atom stereocenters. The van der Waals surface area contributed by atoms with Gasteiger partial charge in [0.15, 0.2) is 0 Å². The van der Waals surface area contributed by atoms with Gasteiger partial charge < -0.3 is 15.0 Å². The zero-order chi connectivity index (χ0) is 18.2. The summed E-state index contributed by atoms with van der Waals surface area (Å²) in [7, 11) is 0. The summed E-state index contributed by atoms with van der Waals surface area (Å²) in [5.74, 6) is -0.548. The average molecular weight is 353 g/mol. The minimum Gasteiger partial charge on any atom is -0.381 e. The van der Waals surface area contributed by atoms with Crippen LogP contribution in [0, 0.1) is 0 Å². The van der Waals surface area contributed by atoms with Crippen LogP contribution < -0.4 is 15.7 Å². The van der Waals surface area contributed by atoms with Crippen molar-refractivity contribution >= 4 is 23.4 Å². The van der Waals surface area contributed by atoms with E-state index in [0.717, 1.165) is 43.1 Å². The number of benzene rings is 2. The number of morpholine rings is 1. The molecule has 0 radical (unpaired) electrons. The fraction of sp³-hybridized carbons (Fsp3) is 0.250. The van der Waals surface area contributed by atoms with Crippen molar-refractivity contribution in [3.8, 4) is 0 Å². The lowest BCUT2D eigenvalue weighted by molar-refractivity contribution is -0.124. The van der Waals surface area contributed by atoms with Gasteiger partial charge in [0, 0.05) is 37.1 Å². The number of hydrogen-bond donors (Lipinski definition) is 3. The number of amides is 1. The van der Waals surface area contributed by atoms with Gasteiger partial charge in [0.25, 0.3) is 5.91 Å². The molecule has 136 valence electrons. The van der Waals surface area contributed by atoms with Gasteiger partial charge in [-0.15, -0.1) is 0 Å². The molecular formula is C20H23N3O3. The van der Waals surface area contributed by atoms with Gasteiger partial charge in [0.05, 0.1) is 13.2 Å². The number of nitrogens with zero attached hydrogens (tertiary/aromatic N) is 1. The molecule has 3 rings (SSSR count). The molecular weight excluding hydrogens is 330 g/mol. The van der Waals surface area contributed by atoms with Crippen LogP contribution in [0.1, 0.15) is 11.1 Å². The van der Waals surface area contributed by atoms with E-state index in [2.05, 4.69) is 34.5 Å². The summed E-state index contributed by atoms with van der Waals surface area (Å²) in [6.45, 7) is 4.05. The normalized spacial score (nSPS) is 14.4. The minimum absolute atomic E-state index is 0.548. The van der Waals surface area contributed by atoms with Crippen LogP contribution in [0.2, 0.25) is 0 Å². The summed E-state index contributed by atoms with van der Waals surface area (Å²) in [4.78, 5) is 13.4. The summed E-state index contributed by atoms with van der Waals surface area (Å²) < 4.78 is 5.41. The highest BCUT2D eigenvalue weighted by atomic mass is 16.5. The van der Waals surface area contributed by atoms with E-state index in [1.54, 1.807) is 11.6 Å². The number of ether oxygens (including phenoxy) is 1. The van der Waals surface area contributed by atoms with E-state index < -0.39 is 5.91 Å². The molecule has 3 N–H and O–H groups in total. The Hall–Kier alpha value is -2.83. The van der Waals surface area contributed by atoms with Crippen molar-refractivity contribution in [2.45, 2.75) is 6.54 Å². The maximum absolute atomic E-state index is 11.1. The predicted octanol–water partition coefficient (Wildman–Crippen LogP) is 2.65. The van der Waals surface area contributed by atoms with Crippen LogP contribution in [0.5, 0.6) is 0 Å². The van der Waals surface area contributed by atoms with Crippen molar-refractivity contribution in [3.05, 3.63) is 65.7 Å². The van der Waals surface area contributed by atoms with E-state index in [9.17, 15) is 4.79 Å². The van der Waals surface area contributed by atoms with E-state index in [0.29, 0.717) is 6.54 Å². The van der Waals surface area contributed by atoms with Gasteiger partial charge in [0.2, 0.25) is 0 Å². The number of nitrogens with one attached hydrogen (secondary N) is 2. The number of carbonyl (C=O) groups is 1. The molecule has 26 heavy (non-hydrogen) atoms. The average Bonchev–Trinajstić information content (AvgIpc) is 2.71. The molecule has 0 bridgehead atoms. The molecule has 2 aromatic rings. The Bertz CT molecular complexity index is 770. The van der Waals surface area contributed by atoms with Gasteiger partial charge in [-0.05, 0) is 41.5 Å². The Morgan fingerprint density at radius 2 is 1.96 bits per heavy atom. The molecule has 0 saturated carbocycles. The van der Waals surface area contributed by atoms with Gasteiger partial charge >= 0.3 is 0 Å². The zero-order valence-electron chi connectivity index (χ0n) is 14.5. The molecule has 0 atom stereocenters. The molecule has 6 nitrogen and oxygen atoms in total. The standard InChI is InChI=1S/C20H23N3O3/c24-20(22-25)8-7-16-3-1-4-17(13-16)15-21-18-5-2-6-19(14-18)23-9-11-26-12-10-23/h1-8,13-14,21,25H,9-12,15H2,(H,22,24)/b8-7+. The van der Waals surface area contributed by atoms with Crippen molar-refractivity contribution in [1.82, 2.24) is 5.48 Å². The van der Waals surface area contributed by atoms with E-state index >= 15 is 0 Å². The molecule has 1 fully saturated rings. The Labute approximate surface area is 153 Å². The topological polar surface area (TPSA) is 73.8 Å². The second kappa shape index (κ2) is 9.03. The maximum Gasteiger partial charge on any atom is 0.267 e. The summed E-state index contributed by atoms with van der Waals surface area (Å²) in [5, 5.41) is 12.0. The molecule has 1 amide bonds. The highest BCUT2D eigenvalue weighted by molar-refractivity contribution is 5.90. The monoisotopic (exact) mass is 353 g/mol. The highest BCUT2D eigenvalue weighted by Crippen LogP contribution is 2.21. The fourth-order valence-electron chi connectivity index (χ4n) is 2.85. The lowest BCUT2D eigenvalue weighted by Crippen LogP contribution is -2.36. The molecule has 0 aliphatic carbocycles. The lowest BCUT2D eigenvalue weighted by atomic mass is 10.1. The van der Waals surface area contributed by atoms with Crippen molar-refractivity contribution in [1.29, 1.82) is 0 Å².